The van der Waals surface area contributed by atoms with Crippen LogP contribution in [-0.2, 0) is 0 Å². The number of halogens is 1. The van der Waals surface area contributed by atoms with Crippen molar-refractivity contribution in [2.24, 2.45) is 0 Å². The van der Waals surface area contributed by atoms with Crippen molar-refractivity contribution in [1.82, 2.24) is 14.8 Å². The summed E-state index contributed by atoms with van der Waals surface area (Å²) in [5.41, 5.74) is 1.83. The van der Waals surface area contributed by atoms with Crippen LogP contribution >= 0.6 is 22.9 Å². The normalized spacial score (nSPS) is 21.2. The van der Waals surface area contributed by atoms with E-state index in [0.717, 1.165) is 40.7 Å². The van der Waals surface area contributed by atoms with Crippen molar-refractivity contribution in [3.05, 3.63) is 39.9 Å². The van der Waals surface area contributed by atoms with Crippen LogP contribution in [0, 0.1) is 6.92 Å². The zero-order valence-electron chi connectivity index (χ0n) is 14.4. The highest BCUT2D eigenvalue weighted by atomic mass is 35.5. The van der Waals surface area contributed by atoms with E-state index in [1.807, 2.05) is 36.1 Å². The Kier molecular flexibility index (Phi) is 4.80. The summed E-state index contributed by atoms with van der Waals surface area (Å²) >= 11 is 7.45. The number of nitrogens with zero attached hydrogens (tertiary/aromatic N) is 3. The molecule has 1 aromatic heterocycles. The number of amides is 1. The topological polar surface area (TPSA) is 36.4 Å². The Morgan fingerprint density at radius 2 is 1.92 bits per heavy atom. The molecule has 25 heavy (non-hydrogen) atoms. The molecule has 4 nitrogen and oxygen atoms in total. The molecule has 2 aromatic rings. The van der Waals surface area contributed by atoms with Gasteiger partial charge >= 0.3 is 0 Å². The smallest absolute Gasteiger partial charge is 0.265 e. The first-order valence-corrected chi connectivity index (χ1v) is 10.1. The molecule has 1 atom stereocenters. The summed E-state index contributed by atoms with van der Waals surface area (Å²) in [5.74, 6) is 0.136. The van der Waals surface area contributed by atoms with E-state index in [1.165, 1.54) is 37.3 Å². The molecule has 1 unspecified atom stereocenters. The maximum atomic E-state index is 13.0. The molecule has 4 rings (SSSR count). The number of carbonyl (C=O) groups is 1. The Morgan fingerprint density at radius 3 is 2.64 bits per heavy atom. The first kappa shape index (κ1) is 17.0. The summed E-state index contributed by atoms with van der Waals surface area (Å²) in [5, 5.41) is 1.59. The second-order valence-electron chi connectivity index (χ2n) is 6.88. The highest BCUT2D eigenvalue weighted by molar-refractivity contribution is 7.17. The van der Waals surface area contributed by atoms with Crippen LogP contribution in [-0.4, -0.2) is 52.9 Å². The van der Waals surface area contributed by atoms with Gasteiger partial charge in [0.1, 0.15) is 9.88 Å². The van der Waals surface area contributed by atoms with E-state index in [0.29, 0.717) is 11.1 Å². The summed E-state index contributed by atoms with van der Waals surface area (Å²) < 4.78 is 0. The molecule has 1 aromatic carbocycles. The summed E-state index contributed by atoms with van der Waals surface area (Å²) in [6, 6.07) is 8.16. The predicted molar refractivity (Wildman–Crippen MR) is 102 cm³/mol. The zero-order valence-corrected chi connectivity index (χ0v) is 15.9. The third kappa shape index (κ3) is 3.46. The molecule has 6 heteroatoms. The Labute approximate surface area is 157 Å². The van der Waals surface area contributed by atoms with Crippen LogP contribution < -0.4 is 0 Å². The number of aromatic nitrogens is 1. The molecule has 3 heterocycles. The van der Waals surface area contributed by atoms with E-state index in [-0.39, 0.29) is 5.91 Å². The lowest BCUT2D eigenvalue weighted by Crippen LogP contribution is -2.37. The lowest BCUT2D eigenvalue weighted by Gasteiger charge is -2.23. The van der Waals surface area contributed by atoms with Crippen molar-refractivity contribution in [2.45, 2.75) is 32.2 Å². The van der Waals surface area contributed by atoms with Crippen molar-refractivity contribution >= 4 is 28.8 Å². The van der Waals surface area contributed by atoms with Crippen LogP contribution in [0.4, 0.5) is 0 Å². The van der Waals surface area contributed by atoms with E-state index in [9.17, 15) is 4.79 Å². The summed E-state index contributed by atoms with van der Waals surface area (Å²) in [7, 11) is 0. The lowest BCUT2D eigenvalue weighted by atomic mass is 10.2. The highest BCUT2D eigenvalue weighted by Crippen LogP contribution is 2.31. The Bertz CT molecular complexity index is 767. The molecular weight excluding hydrogens is 354 g/mol. The molecular formula is C19H22ClN3OS. The average Bonchev–Trinajstić information content (AvgIpc) is 3.35. The Morgan fingerprint density at radius 1 is 1.20 bits per heavy atom. The molecule has 0 radical (unpaired) electrons. The van der Waals surface area contributed by atoms with Gasteiger partial charge in [-0.25, -0.2) is 4.98 Å². The van der Waals surface area contributed by atoms with Crippen LogP contribution in [0.2, 0.25) is 5.02 Å². The maximum absolute atomic E-state index is 13.0. The molecule has 2 fully saturated rings. The van der Waals surface area contributed by atoms with Crippen LogP contribution in [0.3, 0.4) is 0 Å². The standard InChI is InChI=1S/C19H22ClN3OS/c1-13-17(25-18(21-13)14-4-6-15(20)7-5-14)19(24)23-11-8-16(12-23)22-9-2-3-10-22/h4-7,16H,2-3,8-12H2,1H3. The number of carbonyl (C=O) groups excluding carboxylic acids is 1. The van der Waals surface area contributed by atoms with Crippen LogP contribution in [0.15, 0.2) is 24.3 Å². The van der Waals surface area contributed by atoms with Gasteiger partial charge in [-0.1, -0.05) is 23.7 Å². The van der Waals surface area contributed by atoms with Gasteiger partial charge in [-0.3, -0.25) is 9.69 Å². The fourth-order valence-corrected chi connectivity index (χ4v) is 4.95. The molecule has 1 amide bonds. The number of thiazole rings is 1. The van der Waals surface area contributed by atoms with Crippen LogP contribution in [0.25, 0.3) is 10.6 Å². The first-order valence-electron chi connectivity index (χ1n) is 8.88. The second kappa shape index (κ2) is 7.06. The van der Waals surface area contributed by atoms with Crippen molar-refractivity contribution in [3.8, 4) is 10.6 Å². The highest BCUT2D eigenvalue weighted by Gasteiger charge is 2.33. The van der Waals surface area contributed by atoms with Gasteiger partial charge in [-0.15, -0.1) is 11.3 Å². The minimum absolute atomic E-state index is 0.136. The fraction of sp³-hybridized carbons (Fsp3) is 0.474. The quantitative estimate of drug-likeness (QED) is 0.810. The van der Waals surface area contributed by atoms with Gasteiger partial charge in [0.15, 0.2) is 0 Å². The third-order valence-corrected chi connectivity index (χ3v) is 6.64. The van der Waals surface area contributed by atoms with Gasteiger partial charge in [0.05, 0.1) is 5.69 Å². The van der Waals surface area contributed by atoms with E-state index >= 15 is 0 Å². The second-order valence-corrected chi connectivity index (χ2v) is 8.31. The van der Waals surface area contributed by atoms with E-state index in [1.54, 1.807) is 0 Å². The van der Waals surface area contributed by atoms with Crippen molar-refractivity contribution in [3.63, 3.8) is 0 Å². The van der Waals surface area contributed by atoms with Gasteiger partial charge < -0.3 is 4.90 Å². The molecule has 0 saturated carbocycles. The SMILES string of the molecule is Cc1nc(-c2ccc(Cl)cc2)sc1C(=O)N1CCC(N2CCCC2)C1. The van der Waals surface area contributed by atoms with Gasteiger partial charge in [0, 0.05) is 29.7 Å². The van der Waals surface area contributed by atoms with Gasteiger partial charge in [-0.05, 0) is 51.4 Å². The van der Waals surface area contributed by atoms with Crippen molar-refractivity contribution in [1.29, 1.82) is 0 Å². The van der Waals surface area contributed by atoms with Gasteiger partial charge in [0.25, 0.3) is 5.91 Å². The number of likely N-dealkylation sites (tertiary alicyclic amines) is 2. The first-order chi connectivity index (χ1) is 12.1. The Hall–Kier alpha value is -1.43. The number of benzene rings is 1. The molecule has 0 spiro atoms. The van der Waals surface area contributed by atoms with E-state index in [4.69, 9.17) is 11.6 Å². The minimum Gasteiger partial charge on any atom is -0.336 e. The number of aryl methyl sites for hydroxylation is 1. The minimum atomic E-state index is 0.136. The van der Waals surface area contributed by atoms with Crippen LogP contribution in [0.1, 0.15) is 34.6 Å². The van der Waals surface area contributed by atoms with Crippen molar-refractivity contribution in [2.75, 3.05) is 26.2 Å². The molecule has 2 saturated heterocycles. The third-order valence-electron chi connectivity index (χ3n) is 5.19. The summed E-state index contributed by atoms with van der Waals surface area (Å²) in [4.78, 5) is 22.9. The maximum Gasteiger partial charge on any atom is 0.265 e. The molecule has 132 valence electrons. The lowest BCUT2D eigenvalue weighted by molar-refractivity contribution is 0.0784. The predicted octanol–water partition coefficient (Wildman–Crippen LogP) is 4.08. The van der Waals surface area contributed by atoms with Crippen LogP contribution in [0.5, 0.6) is 0 Å². The monoisotopic (exact) mass is 375 g/mol. The summed E-state index contributed by atoms with van der Waals surface area (Å²) in [6.07, 6.45) is 3.68. The number of hydrogen-bond donors (Lipinski definition) is 0. The molecule has 0 N–H and O–H groups in total. The van der Waals surface area contributed by atoms with Gasteiger partial charge in [0.2, 0.25) is 0 Å². The van der Waals surface area contributed by atoms with E-state index < -0.39 is 0 Å². The molecule has 2 aliphatic rings. The van der Waals surface area contributed by atoms with Gasteiger partial charge in [-0.2, -0.15) is 0 Å². The largest absolute Gasteiger partial charge is 0.336 e. The van der Waals surface area contributed by atoms with Crippen molar-refractivity contribution < 1.29 is 4.79 Å². The average molecular weight is 376 g/mol. The number of hydrogen-bond acceptors (Lipinski definition) is 4. The summed E-state index contributed by atoms with van der Waals surface area (Å²) in [6.45, 7) is 6.01. The zero-order chi connectivity index (χ0) is 17.4. The molecule has 0 aliphatic carbocycles. The van der Waals surface area contributed by atoms with E-state index in [2.05, 4.69) is 9.88 Å². The molecule has 2 aliphatic heterocycles. The Balaban J connectivity index is 1.50. The number of rotatable bonds is 3. The molecule has 0 bridgehead atoms. The fourth-order valence-electron chi connectivity index (χ4n) is 3.79.